The van der Waals surface area contributed by atoms with E-state index in [1.165, 1.54) is 66.2 Å². The standard InChI is InChI=1S/C63H44N2/c1-63(2)58-32-17-16-29-52(58)56-31-18-30-55(61(56)63)51-36-35-49(45-25-12-13-26-46(45)51)50-37-38-53(48-28-15-14-27-47(48)50)59-40-60(65-62(64-59)43-23-10-5-11-24-43)54-34-33-44(41-19-6-3-7-20-41)39-57(54)42-21-8-4-9-22-42/h3-40H,1-2H3. The van der Waals surface area contributed by atoms with Crippen LogP contribution >= 0.6 is 0 Å². The maximum Gasteiger partial charge on any atom is 0.160 e. The van der Waals surface area contributed by atoms with Crippen LogP contribution in [0.25, 0.3) is 111 Å². The highest BCUT2D eigenvalue weighted by Gasteiger charge is 2.37. The molecular formula is C63H44N2. The lowest BCUT2D eigenvalue weighted by molar-refractivity contribution is 0.662. The first kappa shape index (κ1) is 38.5. The van der Waals surface area contributed by atoms with Gasteiger partial charge in [0.2, 0.25) is 0 Å². The van der Waals surface area contributed by atoms with Crippen LogP contribution in [-0.2, 0) is 5.41 Å². The summed E-state index contributed by atoms with van der Waals surface area (Å²) in [5.74, 6) is 0.692. The van der Waals surface area contributed by atoms with Crippen molar-refractivity contribution in [3.63, 3.8) is 0 Å². The van der Waals surface area contributed by atoms with Crippen LogP contribution in [0, 0.1) is 0 Å². The number of rotatable bonds is 7. The van der Waals surface area contributed by atoms with Crippen LogP contribution in [0.3, 0.4) is 0 Å². The van der Waals surface area contributed by atoms with Crippen LogP contribution < -0.4 is 0 Å². The van der Waals surface area contributed by atoms with Gasteiger partial charge in [0, 0.05) is 22.1 Å². The second kappa shape index (κ2) is 15.6. The van der Waals surface area contributed by atoms with Crippen molar-refractivity contribution in [2.24, 2.45) is 0 Å². The van der Waals surface area contributed by atoms with Crippen LogP contribution in [0.4, 0.5) is 0 Å². The van der Waals surface area contributed by atoms with Crippen LogP contribution in [-0.4, -0.2) is 9.97 Å². The molecule has 0 unspecified atom stereocenters. The molecule has 306 valence electrons. The fourth-order valence-corrected chi connectivity index (χ4v) is 10.5. The Balaban J connectivity index is 1.03. The van der Waals surface area contributed by atoms with Gasteiger partial charge in [-0.1, -0.05) is 232 Å². The molecule has 1 aromatic heterocycles. The topological polar surface area (TPSA) is 25.8 Å². The third-order valence-corrected chi connectivity index (χ3v) is 13.5. The van der Waals surface area contributed by atoms with Gasteiger partial charge in [0.05, 0.1) is 11.4 Å². The van der Waals surface area contributed by atoms with E-state index >= 15 is 0 Å². The predicted octanol–water partition coefficient (Wildman–Crippen LogP) is 16.8. The molecule has 11 aromatic rings. The van der Waals surface area contributed by atoms with E-state index in [1.807, 2.05) is 6.07 Å². The molecule has 0 radical (unpaired) electrons. The monoisotopic (exact) mass is 828 g/mol. The fraction of sp³-hybridized carbons (Fsp3) is 0.0476. The van der Waals surface area contributed by atoms with Crippen molar-refractivity contribution in [1.29, 1.82) is 0 Å². The van der Waals surface area contributed by atoms with E-state index < -0.39 is 0 Å². The van der Waals surface area contributed by atoms with Gasteiger partial charge in [-0.25, -0.2) is 9.97 Å². The smallest absolute Gasteiger partial charge is 0.160 e. The van der Waals surface area contributed by atoms with Gasteiger partial charge in [0.1, 0.15) is 0 Å². The maximum atomic E-state index is 5.36. The second-order valence-corrected chi connectivity index (χ2v) is 17.6. The van der Waals surface area contributed by atoms with E-state index in [4.69, 9.17) is 9.97 Å². The second-order valence-electron chi connectivity index (χ2n) is 17.6. The minimum Gasteiger partial charge on any atom is -0.228 e. The summed E-state index contributed by atoms with van der Waals surface area (Å²) in [6, 6.07) is 83.2. The summed E-state index contributed by atoms with van der Waals surface area (Å²) >= 11 is 0. The van der Waals surface area contributed by atoms with Crippen molar-refractivity contribution in [2.45, 2.75) is 19.3 Å². The molecule has 10 aromatic carbocycles. The molecule has 0 saturated heterocycles. The highest BCUT2D eigenvalue weighted by Crippen LogP contribution is 2.53. The van der Waals surface area contributed by atoms with Gasteiger partial charge < -0.3 is 0 Å². The molecule has 1 aliphatic carbocycles. The average Bonchev–Trinajstić information content (AvgIpc) is 3.62. The molecule has 0 aliphatic heterocycles. The lowest BCUT2D eigenvalue weighted by Crippen LogP contribution is -2.16. The largest absolute Gasteiger partial charge is 0.228 e. The number of hydrogen-bond donors (Lipinski definition) is 0. The van der Waals surface area contributed by atoms with E-state index in [9.17, 15) is 0 Å². The number of hydrogen-bond acceptors (Lipinski definition) is 2. The molecular weight excluding hydrogens is 785 g/mol. The van der Waals surface area contributed by atoms with Crippen molar-refractivity contribution < 1.29 is 0 Å². The Labute approximate surface area is 380 Å². The first-order valence-electron chi connectivity index (χ1n) is 22.5. The molecule has 0 bridgehead atoms. The van der Waals surface area contributed by atoms with E-state index in [2.05, 4.69) is 238 Å². The first-order chi connectivity index (χ1) is 32.0. The number of nitrogens with zero attached hydrogens (tertiary/aromatic N) is 2. The molecule has 0 amide bonds. The first-order valence-corrected chi connectivity index (χ1v) is 22.5. The van der Waals surface area contributed by atoms with Crippen molar-refractivity contribution in [2.75, 3.05) is 0 Å². The summed E-state index contributed by atoms with van der Waals surface area (Å²) in [6.45, 7) is 4.75. The van der Waals surface area contributed by atoms with Gasteiger partial charge in [-0.15, -0.1) is 0 Å². The molecule has 2 heteroatoms. The third-order valence-electron chi connectivity index (χ3n) is 13.5. The molecule has 0 N–H and O–H groups in total. The Hall–Kier alpha value is -8.20. The summed E-state index contributed by atoms with van der Waals surface area (Å²) in [7, 11) is 0. The summed E-state index contributed by atoms with van der Waals surface area (Å²) in [4.78, 5) is 10.7. The Morgan fingerprint density at radius 2 is 0.708 bits per heavy atom. The quantitative estimate of drug-likeness (QED) is 0.160. The van der Waals surface area contributed by atoms with Gasteiger partial charge in [-0.2, -0.15) is 0 Å². The van der Waals surface area contributed by atoms with E-state index in [-0.39, 0.29) is 5.41 Å². The average molecular weight is 829 g/mol. The minimum atomic E-state index is -0.121. The zero-order valence-corrected chi connectivity index (χ0v) is 36.3. The van der Waals surface area contributed by atoms with Gasteiger partial charge in [0.25, 0.3) is 0 Å². The zero-order valence-electron chi connectivity index (χ0n) is 36.3. The van der Waals surface area contributed by atoms with Crippen LogP contribution in [0.5, 0.6) is 0 Å². The summed E-state index contributed by atoms with van der Waals surface area (Å²) in [5.41, 5.74) is 19.8. The molecule has 0 saturated carbocycles. The Morgan fingerprint density at radius 3 is 1.32 bits per heavy atom. The summed E-state index contributed by atoms with van der Waals surface area (Å²) < 4.78 is 0. The predicted molar refractivity (Wildman–Crippen MR) is 273 cm³/mol. The molecule has 0 spiro atoms. The fourth-order valence-electron chi connectivity index (χ4n) is 10.5. The van der Waals surface area contributed by atoms with Gasteiger partial charge in [-0.3, -0.25) is 0 Å². The van der Waals surface area contributed by atoms with Gasteiger partial charge in [-0.05, 0) is 100 Å². The third kappa shape index (κ3) is 6.49. The SMILES string of the molecule is CC1(C)c2ccccc2-c2cccc(-c3ccc(-c4ccc(-c5cc(-c6ccc(-c7ccccc7)cc6-c6ccccc6)nc(-c6ccccc6)n5)c5ccccc45)c4ccccc34)c21. The normalized spacial score (nSPS) is 12.6. The summed E-state index contributed by atoms with van der Waals surface area (Å²) in [6.07, 6.45) is 0. The zero-order chi connectivity index (χ0) is 43.5. The van der Waals surface area contributed by atoms with Gasteiger partial charge >= 0.3 is 0 Å². The van der Waals surface area contributed by atoms with Crippen LogP contribution in [0.15, 0.2) is 231 Å². The molecule has 1 heterocycles. The maximum absolute atomic E-state index is 5.36. The van der Waals surface area contributed by atoms with Crippen LogP contribution in [0.2, 0.25) is 0 Å². The lowest BCUT2D eigenvalue weighted by atomic mass is 9.78. The number of fused-ring (bicyclic) bond motifs is 5. The highest BCUT2D eigenvalue weighted by atomic mass is 14.9. The molecule has 65 heavy (non-hydrogen) atoms. The minimum absolute atomic E-state index is 0.121. The van der Waals surface area contributed by atoms with Crippen molar-refractivity contribution in [3.8, 4) is 89.5 Å². The Bertz CT molecular complexity index is 3610. The number of benzene rings is 10. The molecule has 1 aliphatic rings. The van der Waals surface area contributed by atoms with Crippen molar-refractivity contribution in [3.05, 3.63) is 242 Å². The lowest BCUT2D eigenvalue weighted by Gasteiger charge is -2.25. The van der Waals surface area contributed by atoms with E-state index in [0.717, 1.165) is 50.2 Å². The van der Waals surface area contributed by atoms with Gasteiger partial charge in [0.15, 0.2) is 5.82 Å². The summed E-state index contributed by atoms with van der Waals surface area (Å²) in [5, 5.41) is 4.80. The van der Waals surface area contributed by atoms with Crippen molar-refractivity contribution in [1.82, 2.24) is 9.97 Å². The van der Waals surface area contributed by atoms with Crippen molar-refractivity contribution >= 4 is 21.5 Å². The molecule has 0 atom stereocenters. The molecule has 0 fully saturated rings. The Kier molecular flexibility index (Phi) is 9.21. The highest BCUT2D eigenvalue weighted by molar-refractivity contribution is 6.12. The Morgan fingerprint density at radius 1 is 0.277 bits per heavy atom. The molecule has 2 nitrogen and oxygen atoms in total. The number of aromatic nitrogens is 2. The van der Waals surface area contributed by atoms with E-state index in [1.54, 1.807) is 0 Å². The van der Waals surface area contributed by atoms with E-state index in [0.29, 0.717) is 5.82 Å². The van der Waals surface area contributed by atoms with Crippen LogP contribution in [0.1, 0.15) is 25.0 Å². The molecule has 12 rings (SSSR count).